The van der Waals surface area contributed by atoms with Crippen LogP contribution >= 0.6 is 0 Å². The summed E-state index contributed by atoms with van der Waals surface area (Å²) >= 11 is 0. The largest absolute Gasteiger partial charge is 0.384 e. The van der Waals surface area contributed by atoms with E-state index in [0.717, 1.165) is 18.8 Å². The number of amides is 1. The Morgan fingerprint density at radius 3 is 2.75 bits per heavy atom. The van der Waals surface area contributed by atoms with Gasteiger partial charge in [-0.1, -0.05) is 6.07 Å². The first kappa shape index (κ1) is 14.9. The highest BCUT2D eigenvalue weighted by molar-refractivity contribution is 5.95. The van der Waals surface area contributed by atoms with E-state index >= 15 is 0 Å². The molecule has 0 radical (unpaired) electrons. The van der Waals surface area contributed by atoms with E-state index in [1.54, 1.807) is 0 Å². The van der Waals surface area contributed by atoms with Crippen molar-refractivity contribution in [3.63, 3.8) is 0 Å². The van der Waals surface area contributed by atoms with E-state index in [-0.39, 0.29) is 11.9 Å². The fourth-order valence-corrected chi connectivity index (χ4v) is 2.48. The van der Waals surface area contributed by atoms with Gasteiger partial charge in [0.25, 0.3) is 5.91 Å². The number of anilines is 1. The Bertz CT molecular complexity index is 439. The molecule has 1 amide bonds. The number of carbonyl (C=O) groups excluding carboxylic acids is 1. The molecule has 1 fully saturated rings. The molecule has 1 heterocycles. The molecule has 2 N–H and O–H groups in total. The normalized spacial score (nSPS) is 15.6. The lowest BCUT2D eigenvalue weighted by molar-refractivity contribution is 0.0943. The highest BCUT2D eigenvalue weighted by atomic mass is 16.1. The second-order valence-electron chi connectivity index (χ2n) is 5.68. The van der Waals surface area contributed by atoms with Gasteiger partial charge in [0.2, 0.25) is 0 Å². The van der Waals surface area contributed by atoms with Gasteiger partial charge in [-0.05, 0) is 58.0 Å². The Morgan fingerprint density at radius 2 is 2.05 bits per heavy atom. The zero-order valence-corrected chi connectivity index (χ0v) is 12.5. The fraction of sp³-hybridized carbons (Fsp3) is 0.562. The second kappa shape index (κ2) is 7.29. The molecule has 1 aliphatic rings. The van der Waals surface area contributed by atoms with Crippen LogP contribution < -0.4 is 10.6 Å². The van der Waals surface area contributed by atoms with Crippen LogP contribution in [0.3, 0.4) is 0 Å². The number of nitrogens with zero attached hydrogens (tertiary/aromatic N) is 1. The molecule has 0 aromatic heterocycles. The molecular formula is C16H25N3O. The van der Waals surface area contributed by atoms with Crippen molar-refractivity contribution in [2.45, 2.75) is 32.7 Å². The van der Waals surface area contributed by atoms with Crippen LogP contribution in [-0.2, 0) is 0 Å². The number of hydrogen-bond donors (Lipinski definition) is 2. The summed E-state index contributed by atoms with van der Waals surface area (Å²) in [5, 5.41) is 6.31. The van der Waals surface area contributed by atoms with Crippen molar-refractivity contribution >= 4 is 11.6 Å². The number of carbonyl (C=O) groups is 1. The third kappa shape index (κ3) is 4.53. The molecule has 0 spiro atoms. The van der Waals surface area contributed by atoms with Gasteiger partial charge < -0.3 is 15.5 Å². The van der Waals surface area contributed by atoms with Gasteiger partial charge in [0, 0.05) is 30.4 Å². The third-order valence-electron chi connectivity index (χ3n) is 3.50. The summed E-state index contributed by atoms with van der Waals surface area (Å²) in [6, 6.07) is 7.86. The average molecular weight is 275 g/mol. The van der Waals surface area contributed by atoms with Crippen molar-refractivity contribution in [2.75, 3.05) is 31.5 Å². The zero-order chi connectivity index (χ0) is 14.4. The molecule has 0 aliphatic carbocycles. The number of benzene rings is 1. The Labute approximate surface area is 121 Å². The van der Waals surface area contributed by atoms with E-state index in [9.17, 15) is 4.79 Å². The molecule has 2 rings (SSSR count). The van der Waals surface area contributed by atoms with Crippen molar-refractivity contribution < 1.29 is 4.79 Å². The molecule has 0 bridgehead atoms. The number of rotatable bonds is 6. The van der Waals surface area contributed by atoms with Crippen LogP contribution in [0.2, 0.25) is 0 Å². The van der Waals surface area contributed by atoms with Gasteiger partial charge in [0.05, 0.1) is 0 Å². The van der Waals surface area contributed by atoms with Crippen LogP contribution in [-0.4, -0.2) is 43.0 Å². The zero-order valence-electron chi connectivity index (χ0n) is 12.5. The smallest absolute Gasteiger partial charge is 0.251 e. The van der Waals surface area contributed by atoms with Crippen LogP contribution in [0.5, 0.6) is 0 Å². The maximum atomic E-state index is 11.9. The van der Waals surface area contributed by atoms with E-state index < -0.39 is 0 Å². The van der Waals surface area contributed by atoms with E-state index in [4.69, 9.17) is 0 Å². The molecule has 4 heteroatoms. The molecule has 20 heavy (non-hydrogen) atoms. The van der Waals surface area contributed by atoms with Crippen molar-refractivity contribution in [3.05, 3.63) is 29.8 Å². The highest BCUT2D eigenvalue weighted by Crippen LogP contribution is 2.11. The summed E-state index contributed by atoms with van der Waals surface area (Å²) in [5.41, 5.74) is 1.73. The number of hydrogen-bond acceptors (Lipinski definition) is 3. The lowest BCUT2D eigenvalue weighted by atomic mass is 10.2. The van der Waals surface area contributed by atoms with Gasteiger partial charge in [-0.25, -0.2) is 0 Å². The topological polar surface area (TPSA) is 44.4 Å². The predicted molar refractivity (Wildman–Crippen MR) is 83.2 cm³/mol. The first-order valence-corrected chi connectivity index (χ1v) is 7.52. The summed E-state index contributed by atoms with van der Waals surface area (Å²) < 4.78 is 0. The van der Waals surface area contributed by atoms with E-state index in [1.165, 1.54) is 25.9 Å². The Kier molecular flexibility index (Phi) is 5.41. The highest BCUT2D eigenvalue weighted by Gasteiger charge is 2.10. The maximum Gasteiger partial charge on any atom is 0.251 e. The Morgan fingerprint density at radius 1 is 1.30 bits per heavy atom. The minimum atomic E-state index is -0.0109. The minimum absolute atomic E-state index is 0.0109. The fourth-order valence-electron chi connectivity index (χ4n) is 2.48. The first-order chi connectivity index (χ1) is 9.65. The monoisotopic (exact) mass is 275 g/mol. The first-order valence-electron chi connectivity index (χ1n) is 7.52. The molecule has 0 atom stereocenters. The summed E-state index contributed by atoms with van der Waals surface area (Å²) in [4.78, 5) is 14.4. The Balaban J connectivity index is 1.83. The summed E-state index contributed by atoms with van der Waals surface area (Å²) in [6.45, 7) is 8.38. The maximum absolute atomic E-state index is 11.9. The van der Waals surface area contributed by atoms with Gasteiger partial charge >= 0.3 is 0 Å². The lowest BCUT2D eigenvalue weighted by Crippen LogP contribution is -2.30. The molecule has 1 aliphatic heterocycles. The number of likely N-dealkylation sites (tertiary alicyclic amines) is 1. The van der Waals surface area contributed by atoms with Crippen LogP contribution in [0.25, 0.3) is 0 Å². The lowest BCUT2D eigenvalue weighted by Gasteiger charge is -2.15. The minimum Gasteiger partial charge on any atom is -0.384 e. The summed E-state index contributed by atoms with van der Waals surface area (Å²) in [5.74, 6) is -0.0109. The van der Waals surface area contributed by atoms with Crippen molar-refractivity contribution in [1.82, 2.24) is 10.2 Å². The van der Waals surface area contributed by atoms with Gasteiger partial charge in [0.1, 0.15) is 0 Å². The van der Waals surface area contributed by atoms with Crippen molar-refractivity contribution in [3.8, 4) is 0 Å². The standard InChI is InChI=1S/C16H25N3O/c1-13(2)18-16(20)14-6-5-7-15(12-14)17-8-11-19-9-3-4-10-19/h5-7,12-13,17H,3-4,8-11H2,1-2H3,(H,18,20). The third-order valence-corrected chi connectivity index (χ3v) is 3.50. The van der Waals surface area contributed by atoms with E-state index in [2.05, 4.69) is 15.5 Å². The van der Waals surface area contributed by atoms with Gasteiger partial charge in [0.15, 0.2) is 0 Å². The van der Waals surface area contributed by atoms with Crippen LogP contribution in [0, 0.1) is 0 Å². The van der Waals surface area contributed by atoms with Crippen molar-refractivity contribution in [2.24, 2.45) is 0 Å². The molecule has 1 saturated heterocycles. The summed E-state index contributed by atoms with van der Waals surface area (Å²) in [6.07, 6.45) is 2.65. The van der Waals surface area contributed by atoms with Crippen LogP contribution in [0.15, 0.2) is 24.3 Å². The van der Waals surface area contributed by atoms with Crippen LogP contribution in [0.1, 0.15) is 37.0 Å². The van der Waals surface area contributed by atoms with Crippen molar-refractivity contribution in [1.29, 1.82) is 0 Å². The number of nitrogens with one attached hydrogen (secondary N) is 2. The predicted octanol–water partition coefficient (Wildman–Crippen LogP) is 2.33. The van der Waals surface area contributed by atoms with E-state index in [1.807, 2.05) is 38.1 Å². The SMILES string of the molecule is CC(C)NC(=O)c1cccc(NCCN2CCCC2)c1. The van der Waals surface area contributed by atoms with Gasteiger partial charge in [-0.3, -0.25) is 4.79 Å². The average Bonchev–Trinajstić information content (AvgIpc) is 2.91. The molecular weight excluding hydrogens is 250 g/mol. The van der Waals surface area contributed by atoms with Gasteiger partial charge in [-0.2, -0.15) is 0 Å². The molecule has 110 valence electrons. The molecule has 0 unspecified atom stereocenters. The summed E-state index contributed by atoms with van der Waals surface area (Å²) in [7, 11) is 0. The molecule has 0 saturated carbocycles. The van der Waals surface area contributed by atoms with E-state index in [0.29, 0.717) is 5.56 Å². The molecule has 1 aromatic rings. The second-order valence-corrected chi connectivity index (χ2v) is 5.68. The Hall–Kier alpha value is -1.55. The molecule has 4 nitrogen and oxygen atoms in total. The van der Waals surface area contributed by atoms with Gasteiger partial charge in [-0.15, -0.1) is 0 Å². The molecule has 1 aromatic carbocycles. The quantitative estimate of drug-likeness (QED) is 0.837. The van der Waals surface area contributed by atoms with Crippen LogP contribution in [0.4, 0.5) is 5.69 Å².